The lowest BCUT2D eigenvalue weighted by Crippen LogP contribution is -2.44. The fraction of sp³-hybridized carbons (Fsp3) is 0.769. The number of allylic oxidation sites excluding steroid dienone is 1. The molecule has 3 atom stereocenters. The Hall–Kier alpha value is -0.540. The average Bonchev–Trinajstić information content (AvgIpc) is 2.34. The molecule has 0 aromatic rings. The van der Waals surface area contributed by atoms with Gasteiger partial charge in [-0.3, -0.25) is 4.79 Å². The molecule has 0 aromatic heterocycles. The summed E-state index contributed by atoms with van der Waals surface area (Å²) in [6, 6.07) is -0.250. The van der Waals surface area contributed by atoms with E-state index in [9.17, 15) is 9.90 Å². The number of aliphatic hydroxyl groups is 1. The van der Waals surface area contributed by atoms with Crippen LogP contribution in [-0.2, 0) is 4.79 Å². The fourth-order valence-electron chi connectivity index (χ4n) is 1.68. The smallest absolute Gasteiger partial charge is 0.220 e. The molecule has 100 valence electrons. The minimum Gasteiger partial charge on any atom is -0.390 e. The summed E-state index contributed by atoms with van der Waals surface area (Å²) in [5.74, 6) is 0.520. The third-order valence-electron chi connectivity index (χ3n) is 2.81. The van der Waals surface area contributed by atoms with Crippen molar-refractivity contribution in [2.24, 2.45) is 5.92 Å². The average molecular weight is 262 g/mol. The Kier molecular flexibility index (Phi) is 9.18. The van der Waals surface area contributed by atoms with E-state index in [4.69, 9.17) is 11.6 Å². The van der Waals surface area contributed by atoms with Gasteiger partial charge in [-0.25, -0.2) is 0 Å². The maximum atomic E-state index is 11.4. The minimum atomic E-state index is -0.682. The number of aliphatic hydroxyl groups excluding tert-OH is 1. The third-order valence-corrected chi connectivity index (χ3v) is 3.13. The molecule has 0 aromatic carbocycles. The molecule has 0 aliphatic carbocycles. The second-order valence-electron chi connectivity index (χ2n) is 4.46. The van der Waals surface area contributed by atoms with Crippen molar-refractivity contribution in [1.29, 1.82) is 0 Å². The Bertz CT molecular complexity index is 233. The van der Waals surface area contributed by atoms with Crippen molar-refractivity contribution in [3.8, 4) is 0 Å². The van der Waals surface area contributed by atoms with Crippen LogP contribution in [0.4, 0.5) is 0 Å². The van der Waals surface area contributed by atoms with E-state index in [1.807, 2.05) is 6.08 Å². The second kappa shape index (κ2) is 9.49. The van der Waals surface area contributed by atoms with Crippen molar-refractivity contribution in [2.45, 2.75) is 51.7 Å². The van der Waals surface area contributed by atoms with Crippen LogP contribution in [0.5, 0.6) is 0 Å². The molecular weight excluding hydrogens is 238 g/mol. The lowest BCUT2D eigenvalue weighted by atomic mass is 9.94. The van der Waals surface area contributed by atoms with Gasteiger partial charge in [-0.15, -0.1) is 18.2 Å². The molecule has 0 heterocycles. The van der Waals surface area contributed by atoms with E-state index in [2.05, 4.69) is 18.8 Å². The van der Waals surface area contributed by atoms with E-state index in [1.54, 1.807) is 6.92 Å². The summed E-state index contributed by atoms with van der Waals surface area (Å²) >= 11 is 5.64. The molecule has 0 unspecified atom stereocenters. The number of rotatable bonds is 9. The number of alkyl halides is 1. The number of halogens is 1. The molecule has 17 heavy (non-hydrogen) atoms. The van der Waals surface area contributed by atoms with Crippen LogP contribution in [0, 0.1) is 5.92 Å². The number of carbonyl (C=O) groups excluding carboxylic acids is 1. The van der Waals surface area contributed by atoms with Crippen LogP contribution in [0.25, 0.3) is 0 Å². The lowest BCUT2D eigenvalue weighted by molar-refractivity contribution is -0.122. The van der Waals surface area contributed by atoms with Crippen molar-refractivity contribution in [3.63, 3.8) is 0 Å². The van der Waals surface area contributed by atoms with Gasteiger partial charge in [-0.2, -0.15) is 0 Å². The molecule has 0 bridgehead atoms. The standard InChI is InChI=1S/C13H24ClNO2/c1-4-6-7-10(3)8-11(12(16)9-14)15-13(17)5-2/h4,10-12,16H,1,5-9H2,2-3H3,(H,15,17)/t10-,11+,12-/m1/s1. The summed E-state index contributed by atoms with van der Waals surface area (Å²) in [5.41, 5.74) is 0. The van der Waals surface area contributed by atoms with E-state index in [-0.39, 0.29) is 17.8 Å². The molecule has 0 fully saturated rings. The van der Waals surface area contributed by atoms with Crippen LogP contribution in [0.15, 0.2) is 12.7 Å². The van der Waals surface area contributed by atoms with Crippen molar-refractivity contribution in [3.05, 3.63) is 12.7 Å². The Balaban J connectivity index is 4.26. The molecule has 0 rings (SSSR count). The molecular formula is C13H24ClNO2. The van der Waals surface area contributed by atoms with Gasteiger partial charge in [-0.1, -0.05) is 19.9 Å². The predicted molar refractivity (Wildman–Crippen MR) is 72.2 cm³/mol. The van der Waals surface area contributed by atoms with Gasteiger partial charge in [-0.05, 0) is 25.2 Å². The summed E-state index contributed by atoms with van der Waals surface area (Å²) in [5, 5.41) is 12.6. The maximum absolute atomic E-state index is 11.4. The first-order valence-corrected chi connectivity index (χ1v) is 6.72. The van der Waals surface area contributed by atoms with Crippen molar-refractivity contribution in [2.75, 3.05) is 5.88 Å². The van der Waals surface area contributed by atoms with E-state index in [0.29, 0.717) is 12.3 Å². The van der Waals surface area contributed by atoms with E-state index >= 15 is 0 Å². The topological polar surface area (TPSA) is 49.3 Å². The zero-order valence-corrected chi connectivity index (χ0v) is 11.5. The van der Waals surface area contributed by atoms with Gasteiger partial charge in [0.05, 0.1) is 18.0 Å². The number of hydrogen-bond acceptors (Lipinski definition) is 2. The Morgan fingerprint density at radius 3 is 2.71 bits per heavy atom. The largest absolute Gasteiger partial charge is 0.390 e. The van der Waals surface area contributed by atoms with Crippen LogP contribution < -0.4 is 5.32 Å². The Labute approximate surface area is 109 Å². The quantitative estimate of drug-likeness (QED) is 0.495. The number of amides is 1. The number of nitrogens with one attached hydrogen (secondary N) is 1. The molecule has 0 aliphatic rings. The van der Waals surface area contributed by atoms with Gasteiger partial charge >= 0.3 is 0 Å². The summed E-state index contributed by atoms with van der Waals surface area (Å²) < 4.78 is 0. The highest BCUT2D eigenvalue weighted by Crippen LogP contribution is 2.16. The zero-order valence-electron chi connectivity index (χ0n) is 10.8. The molecule has 1 amide bonds. The molecule has 4 heteroatoms. The van der Waals surface area contributed by atoms with E-state index in [0.717, 1.165) is 19.3 Å². The Morgan fingerprint density at radius 2 is 2.24 bits per heavy atom. The SMILES string of the molecule is C=CCC[C@@H](C)C[C@H](NC(=O)CC)[C@H](O)CCl. The van der Waals surface area contributed by atoms with Crippen molar-refractivity contribution in [1.82, 2.24) is 5.32 Å². The Morgan fingerprint density at radius 1 is 1.59 bits per heavy atom. The number of hydrogen-bond donors (Lipinski definition) is 2. The highest BCUT2D eigenvalue weighted by molar-refractivity contribution is 6.18. The predicted octanol–water partition coefficient (Wildman–Crippen LogP) is 2.47. The molecule has 0 spiro atoms. The van der Waals surface area contributed by atoms with Gasteiger partial charge in [0.1, 0.15) is 0 Å². The van der Waals surface area contributed by atoms with E-state index < -0.39 is 6.10 Å². The summed E-state index contributed by atoms with van der Waals surface area (Å²) in [4.78, 5) is 11.4. The monoisotopic (exact) mass is 261 g/mol. The highest BCUT2D eigenvalue weighted by atomic mass is 35.5. The maximum Gasteiger partial charge on any atom is 0.220 e. The second-order valence-corrected chi connectivity index (χ2v) is 4.76. The van der Waals surface area contributed by atoms with Crippen LogP contribution in [0.2, 0.25) is 0 Å². The molecule has 2 N–H and O–H groups in total. The highest BCUT2D eigenvalue weighted by Gasteiger charge is 2.22. The van der Waals surface area contributed by atoms with Crippen LogP contribution >= 0.6 is 11.6 Å². The van der Waals surface area contributed by atoms with Crippen molar-refractivity contribution >= 4 is 17.5 Å². The molecule has 0 radical (unpaired) electrons. The summed E-state index contributed by atoms with van der Waals surface area (Å²) in [6.07, 6.45) is 4.33. The van der Waals surface area contributed by atoms with Crippen LogP contribution in [-0.4, -0.2) is 29.0 Å². The molecule has 3 nitrogen and oxygen atoms in total. The van der Waals surface area contributed by atoms with Gasteiger partial charge in [0.2, 0.25) is 5.91 Å². The molecule has 0 aliphatic heterocycles. The molecule has 0 saturated heterocycles. The zero-order chi connectivity index (χ0) is 13.3. The van der Waals surface area contributed by atoms with Gasteiger partial charge in [0.25, 0.3) is 0 Å². The number of carbonyl (C=O) groups is 1. The first-order valence-electron chi connectivity index (χ1n) is 6.19. The summed E-state index contributed by atoms with van der Waals surface area (Å²) in [7, 11) is 0. The normalized spacial score (nSPS) is 16.0. The first-order chi connectivity index (χ1) is 8.04. The molecule has 0 saturated carbocycles. The van der Waals surface area contributed by atoms with Gasteiger partial charge in [0, 0.05) is 6.42 Å². The lowest BCUT2D eigenvalue weighted by Gasteiger charge is -2.25. The summed E-state index contributed by atoms with van der Waals surface area (Å²) in [6.45, 7) is 7.58. The van der Waals surface area contributed by atoms with Crippen LogP contribution in [0.1, 0.15) is 39.5 Å². The first kappa shape index (κ1) is 16.5. The van der Waals surface area contributed by atoms with Gasteiger partial charge in [0.15, 0.2) is 0 Å². The van der Waals surface area contributed by atoms with Gasteiger partial charge < -0.3 is 10.4 Å². The van der Waals surface area contributed by atoms with E-state index in [1.165, 1.54) is 0 Å². The van der Waals surface area contributed by atoms with Crippen LogP contribution in [0.3, 0.4) is 0 Å². The fourth-order valence-corrected chi connectivity index (χ4v) is 1.90. The minimum absolute atomic E-state index is 0.0462. The van der Waals surface area contributed by atoms with Crippen molar-refractivity contribution < 1.29 is 9.90 Å². The third kappa shape index (κ3) is 7.40.